The van der Waals surface area contributed by atoms with Gasteiger partial charge in [0.25, 0.3) is 5.91 Å². The number of fused-ring (bicyclic) bond motifs is 1. The second-order valence-electron chi connectivity index (χ2n) is 6.66. The van der Waals surface area contributed by atoms with Crippen molar-refractivity contribution in [3.63, 3.8) is 0 Å². The fourth-order valence-electron chi connectivity index (χ4n) is 3.44. The second-order valence-corrected chi connectivity index (χ2v) is 6.66. The van der Waals surface area contributed by atoms with Gasteiger partial charge >= 0.3 is 0 Å². The van der Waals surface area contributed by atoms with Crippen molar-refractivity contribution in [3.8, 4) is 0 Å². The van der Waals surface area contributed by atoms with Gasteiger partial charge in [-0.3, -0.25) is 9.78 Å². The maximum Gasteiger partial charge on any atom is 0.253 e. The summed E-state index contributed by atoms with van der Waals surface area (Å²) >= 11 is 0. The Balaban J connectivity index is 1.59. The lowest BCUT2D eigenvalue weighted by molar-refractivity contribution is 0.0790. The number of hydrogen-bond acceptors (Lipinski definition) is 4. The van der Waals surface area contributed by atoms with Crippen LogP contribution in [-0.2, 0) is 0 Å². The second kappa shape index (κ2) is 6.20. The molecule has 1 aliphatic rings. The molecule has 0 spiro atoms. The minimum absolute atomic E-state index is 0.0692. The SMILES string of the molecule is CN(C)c1nc(C2CCN(C(=O)c3ccncc3)C2)cn2cccc12. The lowest BCUT2D eigenvalue weighted by Crippen LogP contribution is -2.28. The van der Waals surface area contributed by atoms with Crippen molar-refractivity contribution in [2.75, 3.05) is 32.1 Å². The molecule has 1 saturated heterocycles. The van der Waals surface area contributed by atoms with Crippen molar-refractivity contribution >= 4 is 17.2 Å². The lowest BCUT2D eigenvalue weighted by atomic mass is 10.1. The summed E-state index contributed by atoms with van der Waals surface area (Å²) in [6.45, 7) is 1.46. The highest BCUT2D eigenvalue weighted by molar-refractivity contribution is 5.94. The average molecular weight is 335 g/mol. The summed E-state index contributed by atoms with van der Waals surface area (Å²) in [5, 5.41) is 0. The van der Waals surface area contributed by atoms with E-state index >= 15 is 0 Å². The number of aromatic nitrogens is 3. The fraction of sp³-hybridized carbons (Fsp3) is 0.316. The predicted molar refractivity (Wildman–Crippen MR) is 97.0 cm³/mol. The third-order valence-electron chi connectivity index (χ3n) is 4.76. The van der Waals surface area contributed by atoms with Crippen molar-refractivity contribution in [1.29, 1.82) is 0 Å². The molecule has 0 N–H and O–H groups in total. The van der Waals surface area contributed by atoms with Gasteiger partial charge in [0.05, 0.1) is 11.2 Å². The number of hydrogen-bond donors (Lipinski definition) is 0. The Morgan fingerprint density at radius 1 is 1.24 bits per heavy atom. The maximum absolute atomic E-state index is 12.6. The molecule has 3 aromatic heterocycles. The maximum atomic E-state index is 12.6. The number of anilines is 1. The predicted octanol–water partition coefficient (Wildman–Crippen LogP) is 2.43. The van der Waals surface area contributed by atoms with Crippen LogP contribution in [0.5, 0.6) is 0 Å². The summed E-state index contributed by atoms with van der Waals surface area (Å²) in [4.78, 5) is 25.4. The summed E-state index contributed by atoms with van der Waals surface area (Å²) in [6, 6.07) is 7.63. The first kappa shape index (κ1) is 15.6. The molecule has 1 fully saturated rings. The molecule has 4 rings (SSSR count). The van der Waals surface area contributed by atoms with Crippen LogP contribution in [0.4, 0.5) is 5.82 Å². The van der Waals surface area contributed by atoms with Crippen LogP contribution in [0.3, 0.4) is 0 Å². The first-order chi connectivity index (χ1) is 12.1. The summed E-state index contributed by atoms with van der Waals surface area (Å²) in [7, 11) is 4.01. The van der Waals surface area contributed by atoms with Crippen LogP contribution in [0.1, 0.15) is 28.4 Å². The van der Waals surface area contributed by atoms with Crippen LogP contribution < -0.4 is 4.90 Å². The molecular weight excluding hydrogens is 314 g/mol. The highest BCUT2D eigenvalue weighted by Gasteiger charge is 2.29. The van der Waals surface area contributed by atoms with Gasteiger partial charge in [-0.05, 0) is 30.7 Å². The smallest absolute Gasteiger partial charge is 0.253 e. The molecule has 128 valence electrons. The lowest BCUT2D eigenvalue weighted by Gasteiger charge is -2.19. The van der Waals surface area contributed by atoms with Gasteiger partial charge in [0.15, 0.2) is 5.82 Å². The Bertz CT molecular complexity index is 903. The minimum atomic E-state index is 0.0692. The first-order valence-corrected chi connectivity index (χ1v) is 8.48. The molecule has 0 aromatic carbocycles. The molecule has 6 heteroatoms. The largest absolute Gasteiger partial charge is 0.361 e. The quantitative estimate of drug-likeness (QED) is 0.738. The van der Waals surface area contributed by atoms with E-state index in [4.69, 9.17) is 4.98 Å². The molecule has 6 nitrogen and oxygen atoms in total. The fourth-order valence-corrected chi connectivity index (χ4v) is 3.44. The van der Waals surface area contributed by atoms with Gasteiger partial charge in [0.2, 0.25) is 0 Å². The third-order valence-corrected chi connectivity index (χ3v) is 4.76. The molecule has 1 amide bonds. The molecule has 3 aromatic rings. The van der Waals surface area contributed by atoms with E-state index in [1.165, 1.54) is 0 Å². The van der Waals surface area contributed by atoms with E-state index in [1.807, 2.05) is 36.2 Å². The number of nitrogens with zero attached hydrogens (tertiary/aromatic N) is 5. The summed E-state index contributed by atoms with van der Waals surface area (Å²) < 4.78 is 2.12. The minimum Gasteiger partial charge on any atom is -0.361 e. The van der Waals surface area contributed by atoms with E-state index in [-0.39, 0.29) is 11.8 Å². The van der Waals surface area contributed by atoms with Crippen LogP contribution in [-0.4, -0.2) is 52.4 Å². The van der Waals surface area contributed by atoms with E-state index < -0.39 is 0 Å². The van der Waals surface area contributed by atoms with Gasteiger partial charge in [-0.1, -0.05) is 0 Å². The molecule has 0 bridgehead atoms. The van der Waals surface area contributed by atoms with E-state index in [0.717, 1.165) is 30.0 Å². The number of carbonyl (C=O) groups is 1. The van der Waals surface area contributed by atoms with E-state index in [0.29, 0.717) is 12.1 Å². The molecule has 1 atom stereocenters. The van der Waals surface area contributed by atoms with Gasteiger partial charge < -0.3 is 14.2 Å². The Kier molecular flexibility index (Phi) is 3.87. The molecular formula is C19H21N5O. The number of rotatable bonds is 3. The van der Waals surface area contributed by atoms with E-state index in [2.05, 4.69) is 21.6 Å². The molecule has 0 radical (unpaired) electrons. The third kappa shape index (κ3) is 2.84. The van der Waals surface area contributed by atoms with Gasteiger partial charge in [-0.2, -0.15) is 0 Å². The molecule has 1 aliphatic heterocycles. The van der Waals surface area contributed by atoms with Crippen LogP contribution in [0.15, 0.2) is 49.1 Å². The Hall–Kier alpha value is -2.89. The number of likely N-dealkylation sites (tertiary alicyclic amines) is 1. The topological polar surface area (TPSA) is 53.7 Å². The van der Waals surface area contributed by atoms with Gasteiger partial charge in [0.1, 0.15) is 0 Å². The zero-order valence-corrected chi connectivity index (χ0v) is 14.5. The standard InChI is InChI=1S/C19H21N5O/c1-22(2)18-17-4-3-10-23(17)13-16(21-18)15-7-11-24(12-15)19(25)14-5-8-20-9-6-14/h3-6,8-10,13,15H,7,11-12H2,1-2H3. The summed E-state index contributed by atoms with van der Waals surface area (Å²) in [6.07, 6.45) is 8.39. The van der Waals surface area contributed by atoms with Gasteiger partial charge in [-0.25, -0.2) is 4.98 Å². The van der Waals surface area contributed by atoms with Crippen molar-refractivity contribution < 1.29 is 4.79 Å². The molecule has 25 heavy (non-hydrogen) atoms. The van der Waals surface area contributed by atoms with Crippen LogP contribution in [0, 0.1) is 0 Å². The molecule has 0 saturated carbocycles. The Morgan fingerprint density at radius 2 is 2.04 bits per heavy atom. The molecule has 0 aliphatic carbocycles. The van der Waals surface area contributed by atoms with Crippen LogP contribution in [0.25, 0.3) is 5.52 Å². The highest BCUT2D eigenvalue weighted by atomic mass is 16.2. The highest BCUT2D eigenvalue weighted by Crippen LogP contribution is 2.29. The van der Waals surface area contributed by atoms with Gasteiger partial charge in [0, 0.05) is 63.5 Å². The Labute approximate surface area is 146 Å². The van der Waals surface area contributed by atoms with Crippen molar-refractivity contribution in [2.45, 2.75) is 12.3 Å². The zero-order valence-electron chi connectivity index (χ0n) is 14.5. The average Bonchev–Trinajstić information content (AvgIpc) is 3.30. The summed E-state index contributed by atoms with van der Waals surface area (Å²) in [5.41, 5.74) is 2.83. The number of pyridine rings is 1. The molecule has 1 unspecified atom stereocenters. The Morgan fingerprint density at radius 3 is 2.80 bits per heavy atom. The van der Waals surface area contributed by atoms with E-state index in [9.17, 15) is 4.79 Å². The van der Waals surface area contributed by atoms with E-state index in [1.54, 1.807) is 24.5 Å². The zero-order chi connectivity index (χ0) is 17.4. The molecule has 4 heterocycles. The summed E-state index contributed by atoms with van der Waals surface area (Å²) in [5.74, 6) is 1.29. The first-order valence-electron chi connectivity index (χ1n) is 8.48. The van der Waals surface area contributed by atoms with Crippen LogP contribution >= 0.6 is 0 Å². The number of amides is 1. The van der Waals surface area contributed by atoms with Gasteiger partial charge in [-0.15, -0.1) is 0 Å². The van der Waals surface area contributed by atoms with Crippen molar-refractivity contribution in [3.05, 3.63) is 60.3 Å². The monoisotopic (exact) mass is 335 g/mol. The number of carbonyl (C=O) groups excluding carboxylic acids is 1. The van der Waals surface area contributed by atoms with Crippen LogP contribution in [0.2, 0.25) is 0 Å². The normalized spacial score (nSPS) is 17.2. The van der Waals surface area contributed by atoms with Crippen molar-refractivity contribution in [1.82, 2.24) is 19.3 Å². The van der Waals surface area contributed by atoms with Crippen molar-refractivity contribution in [2.24, 2.45) is 0 Å².